The van der Waals surface area contributed by atoms with E-state index in [0.717, 1.165) is 10.1 Å². The van der Waals surface area contributed by atoms with Gasteiger partial charge in [-0.05, 0) is 12.5 Å². The second-order valence-corrected chi connectivity index (χ2v) is 6.18. The summed E-state index contributed by atoms with van der Waals surface area (Å²) in [5.74, 6) is -1.87. The average molecular weight is 395 g/mol. The summed E-state index contributed by atoms with van der Waals surface area (Å²) < 4.78 is 45.0. The van der Waals surface area contributed by atoms with Crippen molar-refractivity contribution in [3.63, 3.8) is 0 Å². The Hall–Kier alpha value is -3.30. The molecule has 2 aromatic heterocycles. The SMILES string of the molecule is Cc1nc2c(c(OCC(F)(F)F)c(C(=O)O)n2C)c(=O)n1Cc1ccccc1. The second kappa shape index (κ2) is 7.02. The van der Waals surface area contributed by atoms with Gasteiger partial charge in [0.15, 0.2) is 23.7 Å². The number of hydrogen-bond donors (Lipinski definition) is 1. The fraction of sp³-hybridized carbons (Fsp3) is 0.278. The maximum Gasteiger partial charge on any atom is 0.422 e. The Morgan fingerprint density at radius 1 is 1.25 bits per heavy atom. The Morgan fingerprint density at radius 3 is 2.46 bits per heavy atom. The van der Waals surface area contributed by atoms with Crippen LogP contribution < -0.4 is 10.3 Å². The molecule has 0 aliphatic rings. The summed E-state index contributed by atoms with van der Waals surface area (Å²) in [6.07, 6.45) is -4.70. The van der Waals surface area contributed by atoms with Crippen molar-refractivity contribution < 1.29 is 27.8 Å². The zero-order chi connectivity index (χ0) is 20.6. The maximum absolute atomic E-state index is 13.0. The van der Waals surface area contributed by atoms with Crippen molar-refractivity contribution >= 4 is 17.0 Å². The number of benzene rings is 1. The summed E-state index contributed by atoms with van der Waals surface area (Å²) >= 11 is 0. The van der Waals surface area contributed by atoms with Crippen molar-refractivity contribution in [2.75, 3.05) is 6.61 Å². The van der Waals surface area contributed by atoms with Gasteiger partial charge in [0.25, 0.3) is 5.56 Å². The van der Waals surface area contributed by atoms with Crippen LogP contribution in [0.4, 0.5) is 13.2 Å². The zero-order valence-corrected chi connectivity index (χ0v) is 14.9. The molecular formula is C18H16F3N3O4. The lowest BCUT2D eigenvalue weighted by molar-refractivity contribution is -0.153. The van der Waals surface area contributed by atoms with Crippen molar-refractivity contribution in [1.29, 1.82) is 0 Å². The topological polar surface area (TPSA) is 86.3 Å². The second-order valence-electron chi connectivity index (χ2n) is 6.18. The van der Waals surface area contributed by atoms with Crippen LogP contribution >= 0.6 is 0 Å². The molecule has 28 heavy (non-hydrogen) atoms. The van der Waals surface area contributed by atoms with E-state index >= 15 is 0 Å². The Morgan fingerprint density at radius 2 is 1.89 bits per heavy atom. The molecule has 1 aromatic carbocycles. The number of carboxylic acid groups (broad SMARTS) is 1. The molecule has 10 heteroatoms. The van der Waals surface area contributed by atoms with Crippen molar-refractivity contribution in [2.45, 2.75) is 19.6 Å². The molecule has 0 spiro atoms. The number of nitrogens with zero attached hydrogens (tertiary/aromatic N) is 3. The summed E-state index contributed by atoms with van der Waals surface area (Å²) in [6, 6.07) is 8.94. The number of aryl methyl sites for hydroxylation is 2. The average Bonchev–Trinajstić information content (AvgIpc) is 2.89. The first-order valence-electron chi connectivity index (χ1n) is 8.16. The number of rotatable bonds is 5. The maximum atomic E-state index is 13.0. The third kappa shape index (κ3) is 3.57. The molecule has 0 bridgehead atoms. The number of hydrogen-bond acceptors (Lipinski definition) is 4. The normalized spacial score (nSPS) is 11.8. The van der Waals surface area contributed by atoms with E-state index in [9.17, 15) is 27.9 Å². The molecule has 148 valence electrons. The molecule has 0 atom stereocenters. The lowest BCUT2D eigenvalue weighted by atomic mass is 10.2. The smallest absolute Gasteiger partial charge is 0.422 e. The number of carbonyl (C=O) groups is 1. The molecule has 2 heterocycles. The molecule has 0 aliphatic carbocycles. The first-order chi connectivity index (χ1) is 13.1. The largest absolute Gasteiger partial charge is 0.481 e. The monoisotopic (exact) mass is 395 g/mol. The predicted molar refractivity (Wildman–Crippen MR) is 93.8 cm³/mol. The number of carboxylic acids is 1. The number of aromatic nitrogens is 3. The third-order valence-corrected chi connectivity index (χ3v) is 4.20. The third-order valence-electron chi connectivity index (χ3n) is 4.20. The van der Waals surface area contributed by atoms with Gasteiger partial charge in [-0.1, -0.05) is 30.3 Å². The van der Waals surface area contributed by atoms with Gasteiger partial charge in [0.2, 0.25) is 0 Å². The lowest BCUT2D eigenvalue weighted by Crippen LogP contribution is -2.25. The van der Waals surface area contributed by atoms with Crippen LogP contribution in [0.2, 0.25) is 0 Å². The van der Waals surface area contributed by atoms with Crippen molar-refractivity contribution in [1.82, 2.24) is 14.1 Å². The fourth-order valence-corrected chi connectivity index (χ4v) is 2.95. The first-order valence-corrected chi connectivity index (χ1v) is 8.16. The molecule has 0 amide bonds. The quantitative estimate of drug-likeness (QED) is 0.718. The highest BCUT2D eigenvalue weighted by Crippen LogP contribution is 2.31. The van der Waals surface area contributed by atoms with Gasteiger partial charge < -0.3 is 14.4 Å². The molecule has 1 N–H and O–H groups in total. The standard InChI is InChI=1S/C18H16F3N3O4/c1-10-22-15-12(16(25)24(10)8-11-6-4-3-5-7-11)14(28-9-18(19,20)21)13(17(26)27)23(15)2/h3-7H,8-9H2,1-2H3,(H,26,27). The molecule has 0 aliphatic heterocycles. The molecule has 0 saturated carbocycles. The van der Waals surface area contributed by atoms with Crippen LogP contribution in [0.15, 0.2) is 35.1 Å². The van der Waals surface area contributed by atoms with Gasteiger partial charge in [0.1, 0.15) is 11.2 Å². The molecule has 0 saturated heterocycles. The van der Waals surface area contributed by atoms with Crippen LogP contribution in [0.3, 0.4) is 0 Å². The number of halogens is 3. The molecule has 0 fully saturated rings. The van der Waals surface area contributed by atoms with Gasteiger partial charge in [-0.25, -0.2) is 9.78 Å². The molecule has 3 rings (SSSR count). The van der Waals surface area contributed by atoms with E-state index in [0.29, 0.717) is 5.82 Å². The minimum atomic E-state index is -4.70. The molecular weight excluding hydrogens is 379 g/mol. The highest BCUT2D eigenvalue weighted by Gasteiger charge is 2.33. The first kappa shape index (κ1) is 19.5. The van der Waals surface area contributed by atoms with Gasteiger partial charge >= 0.3 is 12.1 Å². The molecule has 0 unspecified atom stereocenters. The van der Waals surface area contributed by atoms with Crippen LogP contribution in [0.25, 0.3) is 11.0 Å². The summed E-state index contributed by atoms with van der Waals surface area (Å²) in [5.41, 5.74) is -0.519. The Bertz CT molecular complexity index is 1100. The summed E-state index contributed by atoms with van der Waals surface area (Å²) in [7, 11) is 1.31. The lowest BCUT2D eigenvalue weighted by Gasteiger charge is -2.11. The van der Waals surface area contributed by atoms with Crippen LogP contribution in [0, 0.1) is 6.92 Å². The Labute approximate surface area is 156 Å². The van der Waals surface area contributed by atoms with Gasteiger partial charge in [0.05, 0.1) is 6.54 Å². The van der Waals surface area contributed by atoms with E-state index in [1.165, 1.54) is 11.6 Å². The van der Waals surface area contributed by atoms with E-state index in [1.807, 2.05) is 0 Å². The summed E-state index contributed by atoms with van der Waals surface area (Å²) in [4.78, 5) is 28.9. The van der Waals surface area contributed by atoms with Crippen LogP contribution in [-0.2, 0) is 13.6 Å². The fourth-order valence-electron chi connectivity index (χ4n) is 2.95. The van der Waals surface area contributed by atoms with E-state index < -0.39 is 35.8 Å². The van der Waals surface area contributed by atoms with E-state index in [-0.39, 0.29) is 17.6 Å². The summed E-state index contributed by atoms with van der Waals surface area (Å²) in [5, 5.41) is 9.12. The van der Waals surface area contributed by atoms with E-state index in [1.54, 1.807) is 37.3 Å². The molecule has 0 radical (unpaired) electrons. The van der Waals surface area contributed by atoms with Crippen molar-refractivity contribution in [3.8, 4) is 5.75 Å². The van der Waals surface area contributed by atoms with Gasteiger partial charge in [-0.3, -0.25) is 9.36 Å². The highest BCUT2D eigenvalue weighted by atomic mass is 19.4. The van der Waals surface area contributed by atoms with Crippen LogP contribution in [0.5, 0.6) is 5.75 Å². The Kier molecular flexibility index (Phi) is 4.88. The van der Waals surface area contributed by atoms with Gasteiger partial charge in [-0.15, -0.1) is 0 Å². The zero-order valence-electron chi connectivity index (χ0n) is 14.9. The van der Waals surface area contributed by atoms with Crippen LogP contribution in [-0.4, -0.2) is 38.0 Å². The number of aromatic carboxylic acids is 1. The van der Waals surface area contributed by atoms with E-state index in [2.05, 4.69) is 4.98 Å². The molecule has 3 aromatic rings. The minimum absolute atomic E-state index is 0.0543. The number of ether oxygens (including phenoxy) is 1. The van der Waals surface area contributed by atoms with Crippen molar-refractivity contribution in [2.24, 2.45) is 7.05 Å². The number of alkyl halides is 3. The van der Waals surface area contributed by atoms with E-state index in [4.69, 9.17) is 4.74 Å². The molecule has 7 nitrogen and oxygen atoms in total. The number of fused-ring (bicyclic) bond motifs is 1. The predicted octanol–water partition coefficient (Wildman–Crippen LogP) is 2.73. The Balaban J connectivity index is 2.24. The van der Waals surface area contributed by atoms with Gasteiger partial charge in [0, 0.05) is 7.05 Å². The minimum Gasteiger partial charge on any atom is -0.481 e. The van der Waals surface area contributed by atoms with Gasteiger partial charge in [-0.2, -0.15) is 13.2 Å². The summed E-state index contributed by atoms with van der Waals surface area (Å²) in [6.45, 7) is -0.0314. The highest BCUT2D eigenvalue weighted by molar-refractivity contribution is 5.99. The van der Waals surface area contributed by atoms with Crippen molar-refractivity contribution in [3.05, 3.63) is 57.8 Å². The van der Waals surface area contributed by atoms with Crippen LogP contribution in [0.1, 0.15) is 21.9 Å².